The maximum Gasteiger partial charge on any atom is 0.255 e. The molecule has 0 heterocycles. The van der Waals surface area contributed by atoms with E-state index in [0.717, 1.165) is 12.8 Å². The average molecular weight is 318 g/mol. The second-order valence-corrected chi connectivity index (χ2v) is 5.63. The zero-order valence-corrected chi connectivity index (χ0v) is 13.3. The number of benzene rings is 2. The van der Waals surface area contributed by atoms with Crippen molar-refractivity contribution in [2.75, 3.05) is 11.9 Å². The van der Waals surface area contributed by atoms with E-state index in [1.165, 1.54) is 17.6 Å². The number of amides is 1. The van der Waals surface area contributed by atoms with Crippen LogP contribution in [0.3, 0.4) is 0 Å². The molecule has 0 saturated carbocycles. The topological polar surface area (TPSA) is 62.1 Å². The normalized spacial score (nSPS) is 13.0. The summed E-state index contributed by atoms with van der Waals surface area (Å²) in [6, 6.07) is 16.6. The predicted octanol–water partition coefficient (Wildman–Crippen LogP) is 4.41. The number of carbonyl (C=O) groups is 1. The third kappa shape index (κ3) is 3.82. The molecule has 24 heavy (non-hydrogen) atoms. The lowest BCUT2D eigenvalue weighted by Gasteiger charge is -2.08. The molecule has 0 fully saturated rings. The summed E-state index contributed by atoms with van der Waals surface area (Å²) in [5, 5.41) is 11.4. The number of ether oxygens (including phenoxy) is 1. The number of hydrogen-bond donors (Lipinski definition) is 1. The van der Waals surface area contributed by atoms with Crippen LogP contribution in [-0.2, 0) is 0 Å². The van der Waals surface area contributed by atoms with Gasteiger partial charge >= 0.3 is 0 Å². The number of allylic oxidation sites excluding steroid dienone is 2. The van der Waals surface area contributed by atoms with Crippen LogP contribution in [0.5, 0.6) is 5.75 Å². The third-order valence-electron chi connectivity index (χ3n) is 3.95. The molecule has 0 atom stereocenters. The van der Waals surface area contributed by atoms with Gasteiger partial charge in [-0.15, -0.1) is 0 Å². The molecule has 0 bridgehead atoms. The SMILES string of the molecule is N#CCOc1cccc(NC(=O)c2ccc(C3=CCCC3)cc2)c1. The molecule has 1 N–H and O–H groups in total. The summed E-state index contributed by atoms with van der Waals surface area (Å²) < 4.78 is 5.24. The van der Waals surface area contributed by atoms with E-state index in [0.29, 0.717) is 17.0 Å². The van der Waals surface area contributed by atoms with Crippen LogP contribution in [0.25, 0.3) is 5.57 Å². The summed E-state index contributed by atoms with van der Waals surface area (Å²) in [4.78, 5) is 12.4. The van der Waals surface area contributed by atoms with Gasteiger partial charge in [-0.1, -0.05) is 24.3 Å². The first kappa shape index (κ1) is 15.8. The number of hydrogen-bond acceptors (Lipinski definition) is 3. The highest BCUT2D eigenvalue weighted by molar-refractivity contribution is 6.04. The zero-order chi connectivity index (χ0) is 16.8. The molecule has 1 amide bonds. The van der Waals surface area contributed by atoms with Gasteiger partial charge in [-0.2, -0.15) is 5.26 Å². The van der Waals surface area contributed by atoms with Crippen molar-refractivity contribution in [1.82, 2.24) is 0 Å². The molecule has 4 nitrogen and oxygen atoms in total. The molecule has 1 aliphatic carbocycles. The number of carbonyl (C=O) groups excluding carboxylic acids is 1. The van der Waals surface area contributed by atoms with E-state index < -0.39 is 0 Å². The molecule has 1 aliphatic rings. The van der Waals surface area contributed by atoms with Gasteiger partial charge in [-0.3, -0.25) is 4.79 Å². The van der Waals surface area contributed by atoms with Gasteiger partial charge in [-0.25, -0.2) is 0 Å². The average Bonchev–Trinajstić information content (AvgIpc) is 3.15. The lowest BCUT2D eigenvalue weighted by Crippen LogP contribution is -2.11. The minimum absolute atomic E-state index is 0.0191. The van der Waals surface area contributed by atoms with Crippen molar-refractivity contribution in [2.24, 2.45) is 0 Å². The number of nitrogens with zero attached hydrogens (tertiary/aromatic N) is 1. The van der Waals surface area contributed by atoms with Crippen molar-refractivity contribution in [2.45, 2.75) is 19.3 Å². The Bertz CT molecular complexity index is 801. The van der Waals surface area contributed by atoms with Crippen LogP contribution in [-0.4, -0.2) is 12.5 Å². The second-order valence-electron chi connectivity index (χ2n) is 5.63. The van der Waals surface area contributed by atoms with Crippen LogP contribution in [0.15, 0.2) is 54.6 Å². The summed E-state index contributed by atoms with van der Waals surface area (Å²) in [5.74, 6) is 0.386. The Morgan fingerprint density at radius 3 is 2.75 bits per heavy atom. The minimum Gasteiger partial charge on any atom is -0.479 e. The Morgan fingerprint density at radius 2 is 2.04 bits per heavy atom. The fourth-order valence-electron chi connectivity index (χ4n) is 2.75. The largest absolute Gasteiger partial charge is 0.479 e. The van der Waals surface area contributed by atoms with Gasteiger partial charge in [0.15, 0.2) is 6.61 Å². The highest BCUT2D eigenvalue weighted by Crippen LogP contribution is 2.27. The fourth-order valence-corrected chi connectivity index (χ4v) is 2.75. The summed E-state index contributed by atoms with van der Waals surface area (Å²) in [5.41, 5.74) is 3.80. The van der Waals surface area contributed by atoms with E-state index in [-0.39, 0.29) is 12.5 Å². The Kier molecular flexibility index (Phi) is 4.93. The van der Waals surface area contributed by atoms with E-state index >= 15 is 0 Å². The van der Waals surface area contributed by atoms with Gasteiger partial charge in [-0.05, 0) is 54.7 Å². The molecule has 120 valence electrons. The van der Waals surface area contributed by atoms with Gasteiger partial charge < -0.3 is 10.1 Å². The van der Waals surface area contributed by atoms with E-state index in [1.54, 1.807) is 24.3 Å². The van der Waals surface area contributed by atoms with Crippen LogP contribution >= 0.6 is 0 Å². The molecule has 0 radical (unpaired) electrons. The van der Waals surface area contributed by atoms with Crippen LogP contribution < -0.4 is 10.1 Å². The maximum absolute atomic E-state index is 12.4. The summed E-state index contributed by atoms with van der Waals surface area (Å²) in [6.07, 6.45) is 5.73. The van der Waals surface area contributed by atoms with Gasteiger partial charge in [0.05, 0.1) is 0 Å². The van der Waals surface area contributed by atoms with E-state index in [4.69, 9.17) is 10.00 Å². The standard InChI is InChI=1S/C20H18N2O2/c21-12-13-24-19-7-3-6-18(14-19)22-20(23)17-10-8-16(9-11-17)15-4-1-2-5-15/h3-4,6-11,14H,1-2,5,13H2,(H,22,23). The maximum atomic E-state index is 12.4. The zero-order valence-electron chi connectivity index (χ0n) is 13.3. The molecular formula is C20H18N2O2. The van der Waals surface area contributed by atoms with Crippen molar-refractivity contribution in [3.05, 3.63) is 65.7 Å². The first-order valence-corrected chi connectivity index (χ1v) is 7.97. The van der Waals surface area contributed by atoms with Crippen LogP contribution in [0, 0.1) is 11.3 Å². The summed E-state index contributed by atoms with van der Waals surface area (Å²) in [7, 11) is 0. The monoisotopic (exact) mass is 318 g/mol. The predicted molar refractivity (Wildman–Crippen MR) is 93.8 cm³/mol. The quantitative estimate of drug-likeness (QED) is 0.888. The van der Waals surface area contributed by atoms with Crippen molar-refractivity contribution in [3.63, 3.8) is 0 Å². The van der Waals surface area contributed by atoms with Crippen LogP contribution in [0.2, 0.25) is 0 Å². The van der Waals surface area contributed by atoms with Gasteiger partial charge in [0.25, 0.3) is 5.91 Å². The highest BCUT2D eigenvalue weighted by atomic mass is 16.5. The van der Waals surface area contributed by atoms with E-state index in [9.17, 15) is 4.79 Å². The first-order chi connectivity index (χ1) is 11.8. The fraction of sp³-hybridized carbons (Fsp3) is 0.200. The van der Waals surface area contributed by atoms with Gasteiger partial charge in [0.1, 0.15) is 11.8 Å². The lowest BCUT2D eigenvalue weighted by molar-refractivity contribution is 0.102. The third-order valence-corrected chi connectivity index (χ3v) is 3.95. The number of anilines is 1. The Morgan fingerprint density at radius 1 is 1.21 bits per heavy atom. The summed E-state index contributed by atoms with van der Waals surface area (Å²) >= 11 is 0. The molecule has 0 aliphatic heterocycles. The Hall–Kier alpha value is -3.06. The van der Waals surface area contributed by atoms with Crippen LogP contribution in [0.4, 0.5) is 5.69 Å². The molecule has 4 heteroatoms. The van der Waals surface area contributed by atoms with Crippen molar-refractivity contribution in [3.8, 4) is 11.8 Å². The molecule has 3 rings (SSSR count). The molecule has 0 saturated heterocycles. The highest BCUT2D eigenvalue weighted by Gasteiger charge is 2.10. The minimum atomic E-state index is -0.167. The first-order valence-electron chi connectivity index (χ1n) is 7.97. The number of nitriles is 1. The molecular weight excluding hydrogens is 300 g/mol. The van der Waals surface area contributed by atoms with Crippen molar-refractivity contribution >= 4 is 17.2 Å². The molecule has 0 spiro atoms. The number of rotatable bonds is 5. The second kappa shape index (κ2) is 7.47. The van der Waals surface area contributed by atoms with Gasteiger partial charge in [0, 0.05) is 17.3 Å². The van der Waals surface area contributed by atoms with Crippen molar-refractivity contribution < 1.29 is 9.53 Å². The Labute approximate surface area is 141 Å². The molecule has 0 unspecified atom stereocenters. The lowest BCUT2D eigenvalue weighted by atomic mass is 10.0. The molecule has 2 aromatic rings. The summed E-state index contributed by atoms with van der Waals surface area (Å²) in [6.45, 7) is -0.0191. The molecule has 2 aromatic carbocycles. The smallest absolute Gasteiger partial charge is 0.255 e. The Balaban J connectivity index is 1.67. The van der Waals surface area contributed by atoms with E-state index in [1.807, 2.05) is 30.3 Å². The van der Waals surface area contributed by atoms with Gasteiger partial charge in [0.2, 0.25) is 0 Å². The van der Waals surface area contributed by atoms with Crippen LogP contribution in [0.1, 0.15) is 35.2 Å². The van der Waals surface area contributed by atoms with Crippen molar-refractivity contribution in [1.29, 1.82) is 5.26 Å². The molecule has 0 aromatic heterocycles. The van der Waals surface area contributed by atoms with E-state index in [2.05, 4.69) is 11.4 Å². The number of nitrogens with one attached hydrogen (secondary N) is 1.